The molecule has 2 nitrogen and oxygen atoms in total. The lowest BCUT2D eigenvalue weighted by Gasteiger charge is -2.22. The van der Waals surface area contributed by atoms with Crippen molar-refractivity contribution in [1.29, 1.82) is 0 Å². The van der Waals surface area contributed by atoms with Gasteiger partial charge in [-0.25, -0.2) is 9.97 Å². The van der Waals surface area contributed by atoms with Crippen molar-refractivity contribution in [2.45, 2.75) is 25.7 Å². The lowest BCUT2D eigenvalue weighted by molar-refractivity contribution is 0.838. The van der Waals surface area contributed by atoms with E-state index in [1.54, 1.807) is 0 Å². The number of nitrogens with zero attached hydrogens (tertiary/aromatic N) is 2. The lowest BCUT2D eigenvalue weighted by atomic mass is 9.87. The van der Waals surface area contributed by atoms with Crippen LogP contribution in [0.1, 0.15) is 33.8 Å². The third-order valence-corrected chi connectivity index (χ3v) is 5.48. The number of aryl methyl sites for hydroxylation is 1. The molecule has 0 atom stereocenters. The standard InChI is InChI=1S/C26H22N2/c1-3-9-19(10-4-1)17-24-23-16-15-21-13-7-8-14-22(21)26(23)28-25(27-24)18-20-11-5-2-6-12-20/h1-14H,15-18H2. The molecule has 28 heavy (non-hydrogen) atoms. The number of aromatic nitrogens is 2. The largest absolute Gasteiger partial charge is 0.237 e. The van der Waals surface area contributed by atoms with Gasteiger partial charge in [-0.3, -0.25) is 0 Å². The van der Waals surface area contributed by atoms with E-state index in [0.717, 1.165) is 37.2 Å². The molecule has 1 heterocycles. The molecular formula is C26H22N2. The third kappa shape index (κ3) is 3.34. The second-order valence-electron chi connectivity index (χ2n) is 7.40. The van der Waals surface area contributed by atoms with Crippen molar-refractivity contribution in [2.24, 2.45) is 0 Å². The molecule has 0 amide bonds. The van der Waals surface area contributed by atoms with Crippen molar-refractivity contribution in [3.05, 3.63) is 119 Å². The van der Waals surface area contributed by atoms with Crippen LogP contribution in [-0.2, 0) is 25.7 Å². The maximum Gasteiger partial charge on any atom is 0.133 e. The Hall–Kier alpha value is -3.26. The summed E-state index contributed by atoms with van der Waals surface area (Å²) < 4.78 is 0. The Morgan fingerprint density at radius 3 is 2.00 bits per heavy atom. The molecule has 0 unspecified atom stereocenters. The number of benzene rings is 3. The molecule has 1 aliphatic carbocycles. The van der Waals surface area contributed by atoms with Crippen molar-refractivity contribution < 1.29 is 0 Å². The Kier molecular flexibility index (Phi) is 4.46. The molecule has 0 fully saturated rings. The minimum absolute atomic E-state index is 0.762. The quantitative estimate of drug-likeness (QED) is 0.484. The topological polar surface area (TPSA) is 25.8 Å². The summed E-state index contributed by atoms with van der Waals surface area (Å²) in [6, 6.07) is 29.8. The summed E-state index contributed by atoms with van der Waals surface area (Å²) in [5.74, 6) is 0.910. The smallest absolute Gasteiger partial charge is 0.133 e. The van der Waals surface area contributed by atoms with Gasteiger partial charge in [-0.15, -0.1) is 0 Å². The summed E-state index contributed by atoms with van der Waals surface area (Å²) in [5.41, 5.74) is 8.84. The number of fused-ring (bicyclic) bond motifs is 3. The molecule has 5 rings (SSSR count). The minimum atomic E-state index is 0.762. The van der Waals surface area contributed by atoms with Gasteiger partial charge in [0.05, 0.1) is 11.4 Å². The van der Waals surface area contributed by atoms with Gasteiger partial charge < -0.3 is 0 Å². The Labute approximate surface area is 165 Å². The van der Waals surface area contributed by atoms with Crippen LogP contribution in [0.25, 0.3) is 11.3 Å². The Morgan fingerprint density at radius 2 is 1.25 bits per heavy atom. The molecule has 0 bridgehead atoms. The molecule has 4 aromatic rings. The summed E-state index contributed by atoms with van der Waals surface area (Å²) in [7, 11) is 0. The van der Waals surface area contributed by atoms with Crippen molar-refractivity contribution in [3.63, 3.8) is 0 Å². The third-order valence-electron chi connectivity index (χ3n) is 5.48. The van der Waals surface area contributed by atoms with Crippen LogP contribution in [0.15, 0.2) is 84.9 Å². The maximum atomic E-state index is 5.04. The first-order valence-corrected chi connectivity index (χ1v) is 9.91. The van der Waals surface area contributed by atoms with Gasteiger partial charge in [0.2, 0.25) is 0 Å². The number of hydrogen-bond donors (Lipinski definition) is 0. The molecular weight excluding hydrogens is 340 g/mol. The summed E-state index contributed by atoms with van der Waals surface area (Å²) in [4.78, 5) is 10.1. The number of hydrogen-bond acceptors (Lipinski definition) is 2. The summed E-state index contributed by atoms with van der Waals surface area (Å²) in [6.07, 6.45) is 3.69. The van der Waals surface area contributed by atoms with E-state index in [4.69, 9.17) is 9.97 Å². The van der Waals surface area contributed by atoms with Crippen LogP contribution in [0.4, 0.5) is 0 Å². The molecule has 0 aliphatic heterocycles. The molecule has 0 N–H and O–H groups in total. The molecule has 0 saturated heterocycles. The van der Waals surface area contributed by atoms with Gasteiger partial charge in [0.1, 0.15) is 5.82 Å². The molecule has 1 aliphatic rings. The fourth-order valence-corrected chi connectivity index (χ4v) is 4.09. The van der Waals surface area contributed by atoms with Gasteiger partial charge in [0.15, 0.2) is 0 Å². The fourth-order valence-electron chi connectivity index (χ4n) is 4.09. The van der Waals surface area contributed by atoms with Crippen molar-refractivity contribution in [2.75, 3.05) is 0 Å². The average Bonchev–Trinajstić information content (AvgIpc) is 2.75. The van der Waals surface area contributed by atoms with Crippen molar-refractivity contribution in [1.82, 2.24) is 9.97 Å². The summed E-state index contributed by atoms with van der Waals surface area (Å²) in [6.45, 7) is 0. The molecule has 136 valence electrons. The van der Waals surface area contributed by atoms with Crippen molar-refractivity contribution >= 4 is 0 Å². The number of rotatable bonds is 4. The van der Waals surface area contributed by atoms with Gasteiger partial charge >= 0.3 is 0 Å². The highest BCUT2D eigenvalue weighted by atomic mass is 14.9. The first kappa shape index (κ1) is 16.9. The Morgan fingerprint density at radius 1 is 0.607 bits per heavy atom. The van der Waals surface area contributed by atoms with Gasteiger partial charge in [-0.05, 0) is 29.5 Å². The van der Waals surface area contributed by atoms with Crippen LogP contribution in [0.3, 0.4) is 0 Å². The summed E-state index contributed by atoms with van der Waals surface area (Å²) in [5, 5.41) is 0. The normalized spacial score (nSPS) is 12.3. The van der Waals surface area contributed by atoms with Crippen LogP contribution < -0.4 is 0 Å². The van der Waals surface area contributed by atoms with E-state index in [1.165, 1.54) is 33.5 Å². The van der Waals surface area contributed by atoms with Crippen LogP contribution in [0.5, 0.6) is 0 Å². The SMILES string of the molecule is c1ccc(Cc2nc(Cc3ccccc3)c3c(n2)-c2ccccc2CC3)cc1. The zero-order valence-electron chi connectivity index (χ0n) is 15.8. The van der Waals surface area contributed by atoms with Crippen LogP contribution >= 0.6 is 0 Å². The van der Waals surface area contributed by atoms with Crippen LogP contribution in [-0.4, -0.2) is 9.97 Å². The van der Waals surface area contributed by atoms with E-state index in [0.29, 0.717) is 0 Å². The second kappa shape index (κ2) is 7.40. The highest BCUT2D eigenvalue weighted by Gasteiger charge is 2.22. The second-order valence-corrected chi connectivity index (χ2v) is 7.40. The highest BCUT2D eigenvalue weighted by molar-refractivity contribution is 5.70. The first-order chi connectivity index (χ1) is 13.9. The van der Waals surface area contributed by atoms with E-state index >= 15 is 0 Å². The van der Waals surface area contributed by atoms with E-state index in [1.807, 2.05) is 6.07 Å². The van der Waals surface area contributed by atoms with Gasteiger partial charge in [0.25, 0.3) is 0 Å². The molecule has 3 aromatic carbocycles. The van der Waals surface area contributed by atoms with E-state index < -0.39 is 0 Å². The molecule has 0 spiro atoms. The predicted octanol–water partition coefficient (Wildman–Crippen LogP) is 5.42. The zero-order chi connectivity index (χ0) is 18.8. The Bertz CT molecular complexity index is 1100. The molecule has 1 aromatic heterocycles. The molecule has 2 heteroatoms. The van der Waals surface area contributed by atoms with Gasteiger partial charge in [0, 0.05) is 24.0 Å². The van der Waals surface area contributed by atoms with Crippen LogP contribution in [0.2, 0.25) is 0 Å². The first-order valence-electron chi connectivity index (χ1n) is 9.91. The van der Waals surface area contributed by atoms with Gasteiger partial charge in [-0.2, -0.15) is 0 Å². The van der Waals surface area contributed by atoms with Crippen LogP contribution in [0, 0.1) is 0 Å². The zero-order valence-corrected chi connectivity index (χ0v) is 15.8. The van der Waals surface area contributed by atoms with E-state index in [9.17, 15) is 0 Å². The molecule has 0 saturated carbocycles. The van der Waals surface area contributed by atoms with E-state index in [-0.39, 0.29) is 0 Å². The van der Waals surface area contributed by atoms with Gasteiger partial charge in [-0.1, -0.05) is 84.9 Å². The lowest BCUT2D eigenvalue weighted by Crippen LogP contribution is -2.14. The molecule has 0 radical (unpaired) electrons. The predicted molar refractivity (Wildman–Crippen MR) is 113 cm³/mol. The summed E-state index contributed by atoms with van der Waals surface area (Å²) >= 11 is 0. The van der Waals surface area contributed by atoms with Crippen molar-refractivity contribution in [3.8, 4) is 11.3 Å². The van der Waals surface area contributed by atoms with E-state index in [2.05, 4.69) is 78.9 Å². The Balaban J connectivity index is 1.62. The highest BCUT2D eigenvalue weighted by Crippen LogP contribution is 2.34. The monoisotopic (exact) mass is 362 g/mol. The average molecular weight is 362 g/mol. The minimum Gasteiger partial charge on any atom is -0.237 e. The maximum absolute atomic E-state index is 5.04. The fraction of sp³-hybridized carbons (Fsp3) is 0.154.